The summed E-state index contributed by atoms with van der Waals surface area (Å²) in [5.41, 5.74) is 1.42. The number of hydrogen-bond acceptors (Lipinski definition) is 3. The highest BCUT2D eigenvalue weighted by molar-refractivity contribution is 5.29. The summed E-state index contributed by atoms with van der Waals surface area (Å²) in [5.74, 6) is 1.27. The summed E-state index contributed by atoms with van der Waals surface area (Å²) in [5, 5.41) is 10.1. The van der Waals surface area contributed by atoms with Crippen LogP contribution in [0.3, 0.4) is 0 Å². The highest BCUT2D eigenvalue weighted by Crippen LogP contribution is 2.24. The van der Waals surface area contributed by atoms with Crippen molar-refractivity contribution >= 4 is 0 Å². The van der Waals surface area contributed by atoms with Gasteiger partial charge in [-0.3, -0.25) is 9.69 Å². The minimum Gasteiger partial charge on any atom is -0.503 e. The second kappa shape index (κ2) is 6.00. The zero-order valence-corrected chi connectivity index (χ0v) is 13.0. The molecule has 2 rings (SSSR count). The molecular weight excluding hydrogens is 252 g/mol. The Morgan fingerprint density at radius 2 is 1.90 bits per heavy atom. The van der Waals surface area contributed by atoms with E-state index >= 15 is 0 Å². The number of aryl methyl sites for hydroxylation is 1. The molecule has 0 saturated carbocycles. The SMILES string of the molecule is CCn1c(C)cc(=O)c(O)c1CN1CC(C)CC(C)C1. The number of likely N-dealkylation sites (tertiary alicyclic amines) is 1. The van der Waals surface area contributed by atoms with Gasteiger partial charge in [0.1, 0.15) is 0 Å². The monoisotopic (exact) mass is 278 g/mol. The maximum Gasteiger partial charge on any atom is 0.223 e. The van der Waals surface area contributed by atoms with Crippen LogP contribution in [0.4, 0.5) is 0 Å². The van der Waals surface area contributed by atoms with E-state index in [1.54, 1.807) is 0 Å². The fourth-order valence-corrected chi connectivity index (χ4v) is 3.55. The fraction of sp³-hybridized carbons (Fsp3) is 0.688. The van der Waals surface area contributed by atoms with Gasteiger partial charge in [0.2, 0.25) is 5.43 Å². The van der Waals surface area contributed by atoms with E-state index in [1.807, 2.05) is 18.4 Å². The maximum atomic E-state index is 11.8. The van der Waals surface area contributed by atoms with Gasteiger partial charge in [-0.05, 0) is 32.1 Å². The smallest absolute Gasteiger partial charge is 0.223 e. The highest BCUT2D eigenvalue weighted by atomic mass is 16.3. The average molecular weight is 278 g/mol. The van der Waals surface area contributed by atoms with Gasteiger partial charge in [-0.2, -0.15) is 0 Å². The van der Waals surface area contributed by atoms with E-state index in [2.05, 4.69) is 18.7 Å². The van der Waals surface area contributed by atoms with Crippen molar-refractivity contribution in [3.8, 4) is 5.75 Å². The summed E-state index contributed by atoms with van der Waals surface area (Å²) in [6, 6.07) is 1.52. The van der Waals surface area contributed by atoms with Gasteiger partial charge in [-0.25, -0.2) is 0 Å². The molecule has 2 atom stereocenters. The van der Waals surface area contributed by atoms with Crippen molar-refractivity contribution in [3.05, 3.63) is 27.7 Å². The second-order valence-corrected chi connectivity index (χ2v) is 6.33. The predicted octanol–water partition coefficient (Wildman–Crippen LogP) is 2.36. The van der Waals surface area contributed by atoms with Gasteiger partial charge in [0.25, 0.3) is 0 Å². The van der Waals surface area contributed by atoms with Gasteiger partial charge in [0.05, 0.1) is 5.69 Å². The van der Waals surface area contributed by atoms with Crippen LogP contribution < -0.4 is 5.43 Å². The molecule has 0 amide bonds. The largest absolute Gasteiger partial charge is 0.503 e. The Bertz CT molecular complexity index is 526. The van der Waals surface area contributed by atoms with Gasteiger partial charge >= 0.3 is 0 Å². The third kappa shape index (κ3) is 3.06. The standard InChI is InChI=1S/C16H26N2O2/c1-5-18-13(4)7-15(19)16(20)14(18)10-17-8-11(2)6-12(3)9-17/h7,11-12,20H,5-6,8-10H2,1-4H3. The summed E-state index contributed by atoms with van der Waals surface area (Å²) in [6.07, 6.45) is 1.26. The molecule has 1 aliphatic heterocycles. The number of aromatic hydroxyl groups is 1. The molecule has 2 heterocycles. The molecule has 1 N–H and O–H groups in total. The van der Waals surface area contributed by atoms with E-state index in [0.717, 1.165) is 31.0 Å². The zero-order chi connectivity index (χ0) is 14.9. The van der Waals surface area contributed by atoms with Crippen molar-refractivity contribution < 1.29 is 5.11 Å². The number of aromatic nitrogens is 1. The first-order chi connectivity index (χ1) is 9.42. The molecule has 0 aliphatic carbocycles. The Labute approximate surface area is 121 Å². The molecule has 1 fully saturated rings. The Morgan fingerprint density at radius 1 is 1.30 bits per heavy atom. The number of nitrogens with zero attached hydrogens (tertiary/aromatic N) is 2. The molecule has 2 unspecified atom stereocenters. The van der Waals surface area contributed by atoms with Gasteiger partial charge in [-0.15, -0.1) is 0 Å². The summed E-state index contributed by atoms with van der Waals surface area (Å²) in [6.45, 7) is 12.0. The predicted molar refractivity (Wildman–Crippen MR) is 81.0 cm³/mol. The molecular formula is C16H26N2O2. The van der Waals surface area contributed by atoms with Crippen LogP contribution in [0.1, 0.15) is 38.6 Å². The lowest BCUT2D eigenvalue weighted by molar-refractivity contribution is 0.130. The Balaban J connectivity index is 2.31. The lowest BCUT2D eigenvalue weighted by atomic mass is 9.92. The van der Waals surface area contributed by atoms with Crippen LogP contribution in [0.5, 0.6) is 5.75 Å². The third-order valence-corrected chi connectivity index (χ3v) is 4.23. The Hall–Kier alpha value is -1.29. The lowest BCUT2D eigenvalue weighted by Crippen LogP contribution is -2.39. The van der Waals surface area contributed by atoms with E-state index in [-0.39, 0.29) is 11.2 Å². The number of hydrogen-bond donors (Lipinski definition) is 1. The van der Waals surface area contributed by atoms with Gasteiger partial charge in [0, 0.05) is 37.9 Å². The molecule has 4 heteroatoms. The van der Waals surface area contributed by atoms with Crippen molar-refractivity contribution in [1.82, 2.24) is 9.47 Å². The van der Waals surface area contributed by atoms with Crippen LogP contribution in [0.15, 0.2) is 10.9 Å². The van der Waals surface area contributed by atoms with Gasteiger partial charge < -0.3 is 9.67 Å². The van der Waals surface area contributed by atoms with Crippen LogP contribution in [0.25, 0.3) is 0 Å². The molecule has 0 radical (unpaired) electrons. The first kappa shape index (κ1) is 15.1. The van der Waals surface area contributed by atoms with E-state index < -0.39 is 0 Å². The third-order valence-electron chi connectivity index (χ3n) is 4.23. The molecule has 112 valence electrons. The zero-order valence-electron chi connectivity index (χ0n) is 13.0. The second-order valence-electron chi connectivity index (χ2n) is 6.33. The van der Waals surface area contributed by atoms with Crippen LogP contribution >= 0.6 is 0 Å². The van der Waals surface area contributed by atoms with E-state index in [9.17, 15) is 9.90 Å². The first-order valence-corrected chi connectivity index (χ1v) is 7.57. The van der Waals surface area contributed by atoms with E-state index in [0.29, 0.717) is 18.4 Å². The van der Waals surface area contributed by atoms with Crippen LogP contribution in [-0.4, -0.2) is 27.7 Å². The topological polar surface area (TPSA) is 45.5 Å². The summed E-state index contributed by atoms with van der Waals surface area (Å²) < 4.78 is 2.04. The maximum absolute atomic E-state index is 11.8. The molecule has 4 nitrogen and oxygen atoms in total. The Kier molecular flexibility index (Phi) is 4.53. The fourth-order valence-electron chi connectivity index (χ4n) is 3.55. The van der Waals surface area contributed by atoms with Crippen molar-refractivity contribution in [2.24, 2.45) is 11.8 Å². The van der Waals surface area contributed by atoms with Crippen LogP contribution in [0.2, 0.25) is 0 Å². The number of piperidine rings is 1. The van der Waals surface area contributed by atoms with Crippen molar-refractivity contribution in [2.45, 2.75) is 47.2 Å². The summed E-state index contributed by atoms with van der Waals surface area (Å²) in [7, 11) is 0. The first-order valence-electron chi connectivity index (χ1n) is 7.57. The Morgan fingerprint density at radius 3 is 2.45 bits per heavy atom. The molecule has 1 aromatic rings. The molecule has 1 aromatic heterocycles. The normalized spacial score (nSPS) is 24.0. The molecule has 20 heavy (non-hydrogen) atoms. The molecule has 0 aromatic carbocycles. The van der Waals surface area contributed by atoms with E-state index in [4.69, 9.17) is 0 Å². The number of pyridine rings is 1. The van der Waals surface area contributed by atoms with Crippen molar-refractivity contribution in [2.75, 3.05) is 13.1 Å². The van der Waals surface area contributed by atoms with E-state index in [1.165, 1.54) is 12.5 Å². The van der Waals surface area contributed by atoms with Crippen molar-refractivity contribution in [1.29, 1.82) is 0 Å². The number of rotatable bonds is 3. The minimum atomic E-state index is -0.264. The quantitative estimate of drug-likeness (QED) is 0.923. The highest BCUT2D eigenvalue weighted by Gasteiger charge is 2.24. The molecule has 1 saturated heterocycles. The lowest BCUT2D eigenvalue weighted by Gasteiger charge is -2.35. The van der Waals surface area contributed by atoms with Crippen LogP contribution in [0, 0.1) is 18.8 Å². The van der Waals surface area contributed by atoms with Crippen molar-refractivity contribution in [3.63, 3.8) is 0 Å². The minimum absolute atomic E-state index is 0.0803. The van der Waals surface area contributed by atoms with Crippen LogP contribution in [-0.2, 0) is 13.1 Å². The average Bonchev–Trinajstić information content (AvgIpc) is 2.34. The molecule has 0 bridgehead atoms. The summed E-state index contributed by atoms with van der Waals surface area (Å²) >= 11 is 0. The molecule has 0 spiro atoms. The van der Waals surface area contributed by atoms with Gasteiger partial charge in [0.15, 0.2) is 5.75 Å². The van der Waals surface area contributed by atoms with Gasteiger partial charge in [-0.1, -0.05) is 13.8 Å². The summed E-state index contributed by atoms with van der Waals surface area (Å²) in [4.78, 5) is 14.2. The molecule has 1 aliphatic rings.